The lowest BCUT2D eigenvalue weighted by Crippen LogP contribution is -2.50. The number of likely N-dealkylation sites (N-methyl/N-ethyl adjacent to an activating group) is 1. The number of nitrogens with zero attached hydrogens (tertiary/aromatic N) is 5. The third-order valence-corrected chi connectivity index (χ3v) is 9.72. The Bertz CT molecular complexity index is 1510. The number of ether oxygens (including phenoxy) is 2. The van der Waals surface area contributed by atoms with Crippen LogP contribution in [0.15, 0.2) is 71.0 Å². The molecule has 2 aromatic rings. The Morgan fingerprint density at radius 1 is 1.08 bits per heavy atom. The molecule has 0 aromatic heterocycles. The molecule has 0 aliphatic carbocycles. The van der Waals surface area contributed by atoms with Gasteiger partial charge in [0.15, 0.2) is 0 Å². The van der Waals surface area contributed by atoms with Crippen LogP contribution in [0.5, 0.6) is 0 Å². The highest BCUT2D eigenvalue weighted by Gasteiger charge is 2.44. The first-order valence-corrected chi connectivity index (χ1v) is 17.5. The quantitative estimate of drug-likeness (QED) is 0.0755. The molecule has 270 valence electrons. The fraction of sp³-hybridized carbons (Fsp3) is 0.514. The molecule has 4 rings (SSSR count). The molecule has 2 aromatic carbocycles. The Hall–Kier alpha value is -4.46. The summed E-state index contributed by atoms with van der Waals surface area (Å²) in [7, 11) is 0. The maximum Gasteiger partial charge on any atom is 0.316 e. The van der Waals surface area contributed by atoms with Gasteiger partial charge in [0.1, 0.15) is 0 Å². The average Bonchev–Trinajstić information content (AvgIpc) is 3.15. The van der Waals surface area contributed by atoms with E-state index in [-0.39, 0.29) is 18.3 Å². The van der Waals surface area contributed by atoms with Crippen molar-refractivity contribution in [3.8, 4) is 0 Å². The SMILES string of the molecule is CCOC(=O)C1(c2ccccc2)CCN(CCCN(C=O)C2=C(COCCN)N=C(CC)C(N(C=O)CC)C2c2ccc([N+](=O)[O-])cc2)CC1. The van der Waals surface area contributed by atoms with Gasteiger partial charge in [-0.3, -0.25) is 29.5 Å². The van der Waals surface area contributed by atoms with Crippen LogP contribution in [0, 0.1) is 10.1 Å². The summed E-state index contributed by atoms with van der Waals surface area (Å²) in [5.41, 5.74) is 8.55. The summed E-state index contributed by atoms with van der Waals surface area (Å²) in [5, 5.41) is 11.5. The van der Waals surface area contributed by atoms with Gasteiger partial charge in [-0.15, -0.1) is 0 Å². The van der Waals surface area contributed by atoms with Crippen molar-refractivity contribution in [2.24, 2.45) is 10.7 Å². The number of aliphatic imine (C=N–C) groups is 1. The van der Waals surface area contributed by atoms with E-state index in [1.807, 2.05) is 51.1 Å². The molecule has 0 bridgehead atoms. The minimum absolute atomic E-state index is 0.0572. The van der Waals surface area contributed by atoms with Crippen LogP contribution >= 0.6 is 0 Å². The summed E-state index contributed by atoms with van der Waals surface area (Å²) in [6.45, 7) is 9.52. The van der Waals surface area contributed by atoms with E-state index in [1.165, 1.54) is 12.1 Å². The minimum atomic E-state index is -0.695. The van der Waals surface area contributed by atoms with Gasteiger partial charge in [0.25, 0.3) is 5.69 Å². The van der Waals surface area contributed by atoms with Gasteiger partial charge in [-0.1, -0.05) is 49.4 Å². The molecule has 2 amide bonds. The zero-order chi connectivity index (χ0) is 36.1. The Morgan fingerprint density at radius 2 is 1.78 bits per heavy atom. The number of non-ortho nitro benzene ring substituents is 1. The lowest BCUT2D eigenvalue weighted by atomic mass is 9.72. The number of benzene rings is 2. The van der Waals surface area contributed by atoms with Crippen LogP contribution in [0.4, 0.5) is 5.69 Å². The smallest absolute Gasteiger partial charge is 0.316 e. The molecule has 2 N–H and O–H groups in total. The van der Waals surface area contributed by atoms with Gasteiger partial charge in [-0.2, -0.15) is 0 Å². The van der Waals surface area contributed by atoms with Crippen LogP contribution < -0.4 is 5.73 Å². The highest BCUT2D eigenvalue weighted by molar-refractivity contribution is 5.94. The number of likely N-dealkylation sites (tertiary alicyclic amines) is 1. The minimum Gasteiger partial charge on any atom is -0.465 e. The van der Waals surface area contributed by atoms with Crippen LogP contribution in [0.1, 0.15) is 63.5 Å². The number of nitrogens with two attached hydrogens (primary N) is 1. The predicted octanol–water partition coefficient (Wildman–Crippen LogP) is 4.02. The van der Waals surface area contributed by atoms with E-state index in [0.29, 0.717) is 95.1 Å². The monoisotopic (exact) mass is 690 g/mol. The number of carbonyl (C=O) groups is 3. The fourth-order valence-corrected chi connectivity index (χ4v) is 7.16. The second-order valence-corrected chi connectivity index (χ2v) is 12.5. The van der Waals surface area contributed by atoms with Gasteiger partial charge in [-0.05, 0) is 70.3 Å². The number of nitro groups is 1. The molecule has 0 saturated carbocycles. The van der Waals surface area contributed by atoms with E-state index >= 15 is 0 Å². The molecule has 1 saturated heterocycles. The number of hydrogen-bond donors (Lipinski definition) is 1. The normalized spacial score (nSPS) is 19.0. The van der Waals surface area contributed by atoms with Crippen molar-refractivity contribution in [2.45, 2.75) is 63.8 Å². The molecule has 2 unspecified atom stereocenters. The van der Waals surface area contributed by atoms with Crippen LogP contribution in [0.25, 0.3) is 0 Å². The molecule has 2 heterocycles. The molecule has 13 heteroatoms. The lowest BCUT2D eigenvalue weighted by Gasteiger charge is -2.42. The van der Waals surface area contributed by atoms with Crippen molar-refractivity contribution in [3.05, 3.63) is 87.2 Å². The topological polar surface area (TPSA) is 161 Å². The number of carbonyl (C=O) groups excluding carboxylic acids is 3. The summed E-state index contributed by atoms with van der Waals surface area (Å²) < 4.78 is 11.4. The standard InChI is InChI=1S/C37H50N6O7/c1-4-31-34(41(5-2)26-44)33(28-13-15-30(16-14-28)43(47)48)35(32(39-31)25-49-24-19-38)42(27-45)21-10-20-40-22-17-37(18-23-40,36(46)50-6-3)29-11-8-7-9-12-29/h7-9,11-16,26-27,33-34H,4-6,10,17-25,38H2,1-3H3. The lowest BCUT2D eigenvalue weighted by molar-refractivity contribution is -0.384. The van der Waals surface area contributed by atoms with E-state index in [2.05, 4.69) is 4.90 Å². The zero-order valence-corrected chi connectivity index (χ0v) is 29.4. The van der Waals surface area contributed by atoms with Gasteiger partial charge in [0.2, 0.25) is 12.8 Å². The third-order valence-electron chi connectivity index (χ3n) is 9.72. The summed E-state index contributed by atoms with van der Waals surface area (Å²) in [5.74, 6) is -0.733. The Balaban J connectivity index is 1.62. The average molecular weight is 691 g/mol. The summed E-state index contributed by atoms with van der Waals surface area (Å²) in [4.78, 5) is 60.3. The van der Waals surface area contributed by atoms with Crippen molar-refractivity contribution in [1.29, 1.82) is 0 Å². The van der Waals surface area contributed by atoms with E-state index in [9.17, 15) is 24.5 Å². The summed E-state index contributed by atoms with van der Waals surface area (Å²) in [6.07, 6.45) is 3.99. The molecule has 50 heavy (non-hydrogen) atoms. The first-order valence-electron chi connectivity index (χ1n) is 17.5. The third kappa shape index (κ3) is 8.63. The largest absolute Gasteiger partial charge is 0.465 e. The molecule has 2 atom stereocenters. The van der Waals surface area contributed by atoms with E-state index in [1.54, 1.807) is 21.9 Å². The van der Waals surface area contributed by atoms with Gasteiger partial charge in [0, 0.05) is 37.5 Å². The molecule has 13 nitrogen and oxygen atoms in total. The molecule has 2 aliphatic heterocycles. The molecular weight excluding hydrogens is 640 g/mol. The van der Waals surface area contributed by atoms with Crippen LogP contribution in [-0.4, -0.2) is 109 Å². The maximum atomic E-state index is 13.3. The van der Waals surface area contributed by atoms with Gasteiger partial charge >= 0.3 is 5.97 Å². The van der Waals surface area contributed by atoms with Gasteiger partial charge < -0.3 is 29.9 Å². The van der Waals surface area contributed by atoms with Gasteiger partial charge in [0.05, 0.1) is 53.5 Å². The van der Waals surface area contributed by atoms with Crippen LogP contribution in [-0.2, 0) is 29.3 Å². The van der Waals surface area contributed by atoms with Crippen molar-refractivity contribution in [1.82, 2.24) is 14.7 Å². The first kappa shape index (κ1) is 38.3. The second kappa shape index (κ2) is 18.5. The van der Waals surface area contributed by atoms with Crippen LogP contribution in [0.3, 0.4) is 0 Å². The predicted molar refractivity (Wildman–Crippen MR) is 191 cm³/mol. The van der Waals surface area contributed by atoms with E-state index in [4.69, 9.17) is 20.2 Å². The van der Waals surface area contributed by atoms with Crippen LogP contribution in [0.2, 0.25) is 0 Å². The Labute approximate surface area is 294 Å². The fourth-order valence-electron chi connectivity index (χ4n) is 7.16. The molecule has 1 fully saturated rings. The van der Waals surface area contributed by atoms with Gasteiger partial charge in [-0.25, -0.2) is 0 Å². The van der Waals surface area contributed by atoms with E-state index in [0.717, 1.165) is 24.1 Å². The highest BCUT2D eigenvalue weighted by atomic mass is 16.6. The summed E-state index contributed by atoms with van der Waals surface area (Å²) in [6, 6.07) is 15.6. The maximum absolute atomic E-state index is 13.3. The number of rotatable bonds is 19. The first-order chi connectivity index (χ1) is 24.3. The van der Waals surface area contributed by atoms with Crippen molar-refractivity contribution in [3.63, 3.8) is 0 Å². The second-order valence-electron chi connectivity index (χ2n) is 12.5. The molecule has 0 spiro atoms. The van der Waals surface area contributed by atoms with Crippen molar-refractivity contribution < 1.29 is 28.8 Å². The number of hydrogen-bond acceptors (Lipinski definition) is 10. The number of amides is 2. The number of piperidine rings is 1. The summed E-state index contributed by atoms with van der Waals surface area (Å²) >= 11 is 0. The molecule has 2 aliphatic rings. The Morgan fingerprint density at radius 3 is 2.34 bits per heavy atom. The number of esters is 1. The van der Waals surface area contributed by atoms with E-state index < -0.39 is 22.3 Å². The number of nitro benzene ring substituents is 1. The molecule has 0 radical (unpaired) electrons. The molecular formula is C37H50N6O7. The Kier molecular flexibility index (Phi) is 14.2. The van der Waals surface area contributed by atoms with Crippen molar-refractivity contribution >= 4 is 30.2 Å². The zero-order valence-electron chi connectivity index (χ0n) is 29.4. The highest BCUT2D eigenvalue weighted by Crippen LogP contribution is 2.41. The van der Waals surface area contributed by atoms with Crippen molar-refractivity contribution in [2.75, 3.05) is 59.1 Å².